The van der Waals surface area contributed by atoms with Gasteiger partial charge in [0.15, 0.2) is 5.65 Å². The second kappa shape index (κ2) is 6.02. The Morgan fingerprint density at radius 2 is 1.28 bits per heavy atom. The minimum absolute atomic E-state index is 0.926. The summed E-state index contributed by atoms with van der Waals surface area (Å²) in [6.07, 6.45) is 0. The molecular weight excluding hydrogens is 312 g/mol. The zero-order valence-electron chi connectivity index (χ0n) is 15.3. The Balaban J connectivity index is 1.58. The Bertz CT molecular complexity index is 901. The van der Waals surface area contributed by atoms with E-state index >= 15 is 0 Å². The molecule has 0 aromatic carbocycles. The maximum absolute atomic E-state index is 4.62. The third-order valence-corrected chi connectivity index (χ3v) is 4.69. The van der Waals surface area contributed by atoms with Crippen molar-refractivity contribution < 1.29 is 0 Å². The lowest BCUT2D eigenvalue weighted by Gasteiger charge is -2.37. The zero-order valence-corrected chi connectivity index (χ0v) is 15.3. The third-order valence-electron chi connectivity index (χ3n) is 4.69. The molecule has 1 aliphatic rings. The molecule has 0 N–H and O–H groups in total. The van der Waals surface area contributed by atoms with Crippen LogP contribution in [0.3, 0.4) is 0 Å². The first-order valence-electron chi connectivity index (χ1n) is 8.79. The van der Waals surface area contributed by atoms with E-state index in [0.29, 0.717) is 0 Å². The van der Waals surface area contributed by atoms with Crippen LogP contribution in [0.1, 0.15) is 22.8 Å². The normalized spacial score (nSPS) is 15.2. The van der Waals surface area contributed by atoms with Crippen molar-refractivity contribution in [3.8, 4) is 0 Å². The molecule has 0 atom stereocenters. The lowest BCUT2D eigenvalue weighted by molar-refractivity contribution is 0.637. The number of rotatable bonds is 2. The number of piperazine rings is 1. The van der Waals surface area contributed by atoms with Crippen LogP contribution >= 0.6 is 0 Å². The van der Waals surface area contributed by atoms with Crippen LogP contribution in [0, 0.1) is 27.7 Å². The highest BCUT2D eigenvalue weighted by atomic mass is 15.4. The quantitative estimate of drug-likeness (QED) is 0.720. The van der Waals surface area contributed by atoms with E-state index in [9.17, 15) is 0 Å². The highest BCUT2D eigenvalue weighted by Crippen LogP contribution is 2.23. The van der Waals surface area contributed by atoms with Crippen molar-refractivity contribution in [2.75, 3.05) is 36.0 Å². The van der Waals surface area contributed by atoms with E-state index in [-0.39, 0.29) is 0 Å². The molecule has 4 rings (SSSR count). The largest absolute Gasteiger partial charge is 0.368 e. The lowest BCUT2D eigenvalue weighted by Crippen LogP contribution is -2.47. The molecular formula is C19H24N6. The van der Waals surface area contributed by atoms with Gasteiger partial charge in [0.25, 0.3) is 0 Å². The standard InChI is InChI=1S/C19H24N6/c1-13-9-17(10-14(2)20-13)23-5-7-24(8-6-23)19-12-15(3)21-18-11-16(4)22-25(18)19/h9-12H,5-8H2,1-4H3. The fraction of sp³-hybridized carbons (Fsp3) is 0.421. The number of anilines is 2. The number of hydrogen-bond acceptors (Lipinski definition) is 5. The Morgan fingerprint density at radius 3 is 1.96 bits per heavy atom. The second-order valence-corrected chi connectivity index (χ2v) is 6.89. The predicted molar refractivity (Wildman–Crippen MR) is 101 cm³/mol. The van der Waals surface area contributed by atoms with Gasteiger partial charge < -0.3 is 9.80 Å². The molecule has 1 fully saturated rings. The number of fused-ring (bicyclic) bond motifs is 1. The monoisotopic (exact) mass is 336 g/mol. The molecule has 1 saturated heterocycles. The maximum atomic E-state index is 4.62. The summed E-state index contributed by atoms with van der Waals surface area (Å²) in [4.78, 5) is 13.9. The van der Waals surface area contributed by atoms with E-state index < -0.39 is 0 Å². The molecule has 0 bridgehead atoms. The highest BCUT2D eigenvalue weighted by molar-refractivity contribution is 5.54. The summed E-state index contributed by atoms with van der Waals surface area (Å²) >= 11 is 0. The maximum Gasteiger partial charge on any atom is 0.157 e. The van der Waals surface area contributed by atoms with E-state index in [1.54, 1.807) is 0 Å². The number of aromatic nitrogens is 4. The topological polar surface area (TPSA) is 49.6 Å². The average molecular weight is 336 g/mol. The van der Waals surface area contributed by atoms with Crippen LogP contribution in [-0.2, 0) is 0 Å². The van der Waals surface area contributed by atoms with Crippen molar-refractivity contribution in [1.82, 2.24) is 19.6 Å². The Labute approximate surface area is 148 Å². The molecule has 6 heteroatoms. The molecule has 0 saturated carbocycles. The SMILES string of the molecule is Cc1cc(N2CCN(c3cc(C)nc4cc(C)nn34)CC2)cc(C)n1. The Morgan fingerprint density at radius 1 is 0.680 bits per heavy atom. The van der Waals surface area contributed by atoms with Crippen LogP contribution in [0.25, 0.3) is 5.65 Å². The molecule has 130 valence electrons. The second-order valence-electron chi connectivity index (χ2n) is 6.89. The first-order valence-corrected chi connectivity index (χ1v) is 8.79. The summed E-state index contributed by atoms with van der Waals surface area (Å²) in [5.41, 5.74) is 6.39. The van der Waals surface area contributed by atoms with E-state index in [1.165, 1.54) is 5.69 Å². The van der Waals surface area contributed by atoms with Crippen molar-refractivity contribution in [2.45, 2.75) is 27.7 Å². The van der Waals surface area contributed by atoms with Gasteiger partial charge in [0, 0.05) is 61.1 Å². The van der Waals surface area contributed by atoms with E-state index in [2.05, 4.69) is 56.9 Å². The first kappa shape index (κ1) is 15.9. The molecule has 4 heterocycles. The molecule has 0 spiro atoms. The van der Waals surface area contributed by atoms with Crippen molar-refractivity contribution >= 4 is 17.2 Å². The summed E-state index contributed by atoms with van der Waals surface area (Å²) in [7, 11) is 0. The van der Waals surface area contributed by atoms with Crippen LogP contribution in [0.2, 0.25) is 0 Å². The van der Waals surface area contributed by atoms with Crippen LogP contribution in [0.15, 0.2) is 24.3 Å². The highest BCUT2D eigenvalue weighted by Gasteiger charge is 2.21. The summed E-state index contributed by atoms with van der Waals surface area (Å²) in [6, 6.07) is 8.52. The van der Waals surface area contributed by atoms with Crippen LogP contribution in [-0.4, -0.2) is 45.8 Å². The fourth-order valence-electron chi connectivity index (χ4n) is 3.61. The molecule has 25 heavy (non-hydrogen) atoms. The molecule has 0 unspecified atom stereocenters. The summed E-state index contributed by atoms with van der Waals surface area (Å²) in [5, 5.41) is 4.62. The van der Waals surface area contributed by atoms with Crippen molar-refractivity contribution in [1.29, 1.82) is 0 Å². The Hall–Kier alpha value is -2.63. The van der Waals surface area contributed by atoms with E-state index in [4.69, 9.17) is 0 Å². The number of hydrogen-bond donors (Lipinski definition) is 0. The smallest absolute Gasteiger partial charge is 0.157 e. The van der Waals surface area contributed by atoms with Gasteiger partial charge in [-0.2, -0.15) is 9.61 Å². The molecule has 0 amide bonds. The molecule has 1 aliphatic heterocycles. The summed E-state index contributed by atoms with van der Waals surface area (Å²) < 4.78 is 1.97. The van der Waals surface area contributed by atoms with Crippen molar-refractivity contribution in [2.24, 2.45) is 0 Å². The van der Waals surface area contributed by atoms with Gasteiger partial charge in [0.1, 0.15) is 5.82 Å². The first-order chi connectivity index (χ1) is 12.0. The minimum atomic E-state index is 0.926. The van der Waals surface area contributed by atoms with Crippen molar-refractivity contribution in [3.05, 3.63) is 47.0 Å². The van der Waals surface area contributed by atoms with Crippen LogP contribution in [0.4, 0.5) is 11.5 Å². The molecule has 6 nitrogen and oxygen atoms in total. The van der Waals surface area contributed by atoms with Gasteiger partial charge in [-0.3, -0.25) is 4.98 Å². The van der Waals surface area contributed by atoms with Crippen LogP contribution in [0.5, 0.6) is 0 Å². The minimum Gasteiger partial charge on any atom is -0.368 e. The number of pyridine rings is 1. The summed E-state index contributed by atoms with van der Waals surface area (Å²) in [5.74, 6) is 1.14. The van der Waals surface area contributed by atoms with Gasteiger partial charge in [0.05, 0.1) is 5.69 Å². The fourth-order valence-corrected chi connectivity index (χ4v) is 3.61. The molecule has 3 aromatic rings. The Kier molecular flexibility index (Phi) is 3.82. The van der Waals surface area contributed by atoms with Gasteiger partial charge >= 0.3 is 0 Å². The average Bonchev–Trinajstić information content (AvgIpc) is 2.93. The number of aryl methyl sites for hydroxylation is 4. The summed E-state index contributed by atoms with van der Waals surface area (Å²) in [6.45, 7) is 12.1. The molecule has 0 radical (unpaired) electrons. The van der Waals surface area contributed by atoms with Gasteiger partial charge in [-0.05, 0) is 39.8 Å². The molecule has 0 aliphatic carbocycles. The zero-order chi connectivity index (χ0) is 17.6. The van der Waals surface area contributed by atoms with E-state index in [1.807, 2.05) is 24.4 Å². The lowest BCUT2D eigenvalue weighted by atomic mass is 10.2. The van der Waals surface area contributed by atoms with Gasteiger partial charge in [-0.25, -0.2) is 4.98 Å². The third kappa shape index (κ3) is 3.04. The molecule has 3 aromatic heterocycles. The van der Waals surface area contributed by atoms with Crippen molar-refractivity contribution in [3.63, 3.8) is 0 Å². The van der Waals surface area contributed by atoms with Gasteiger partial charge in [-0.15, -0.1) is 0 Å². The van der Waals surface area contributed by atoms with Gasteiger partial charge in [0.2, 0.25) is 0 Å². The van der Waals surface area contributed by atoms with Gasteiger partial charge in [-0.1, -0.05) is 0 Å². The number of nitrogens with zero attached hydrogens (tertiary/aromatic N) is 6. The van der Waals surface area contributed by atoms with Crippen LogP contribution < -0.4 is 9.80 Å². The van der Waals surface area contributed by atoms with E-state index in [0.717, 1.165) is 60.4 Å². The predicted octanol–water partition coefficient (Wildman–Crippen LogP) is 2.68.